The SMILES string of the molecule is CC[C@H](C)[C@H](NC(=O)[C@H](CO)NC(=O)[C@H](CCCC[NH3+])NC(=O)[C@@H](NC(=O)[C@H](Cc1cnc[nH]1)NC(=O)[C@H](CCC(=O)O)NC(=O)[C@@H]1CCCN1C(=O)[C@H](CCCNC(N)N)NC(=O)[C@@H]1CCCN1C(=O)[C@H](C)NC(=O)[C@@H](NC(=O)[C@@H](NC(=O)[C@@H]1CCCN1C(=O)[C@@H]1CCC[NH2+]1)C(C)C)[C@@H](C)CC)[C@@H](C)O)C(=O)N[C@@H](Cc1ccc(O)cc1)C(=O)N[C@H](C(=O)N[C@@H](CCCNC(N)N)C(=O)N[C@@H](CO)C(=O)O)[C@@H](C)O. The number of benzene rings is 1. The highest BCUT2D eigenvalue weighted by molar-refractivity contribution is 6.02. The molecule has 0 aliphatic carbocycles. The first-order chi connectivity index (χ1) is 68.7. The zero-order valence-corrected chi connectivity index (χ0v) is 83.9. The number of nitrogens with zero attached hydrogens (tertiary/aromatic N) is 4. The average molecular weight is 2060 g/mol. The summed E-state index contributed by atoms with van der Waals surface area (Å²) in [5.41, 5.74) is 27.0. The summed E-state index contributed by atoms with van der Waals surface area (Å²) in [7, 11) is 0. The van der Waals surface area contributed by atoms with Crippen molar-refractivity contribution < 1.29 is 138 Å². The number of aromatic nitrogens is 2. The molecule has 145 heavy (non-hydrogen) atoms. The number of rotatable bonds is 62. The molecule has 1 aromatic heterocycles. The Kier molecular flexibility index (Phi) is 50.7. The highest BCUT2D eigenvalue weighted by Gasteiger charge is 2.47. The molecule has 812 valence electrons. The molecule has 0 spiro atoms. The lowest BCUT2D eigenvalue weighted by Crippen LogP contribution is -2.89. The molecular weight excluding hydrogens is 1900 g/mol. The summed E-state index contributed by atoms with van der Waals surface area (Å²) in [5, 5.41) is 115. The van der Waals surface area contributed by atoms with Gasteiger partial charge in [0.25, 0.3) is 5.91 Å². The Balaban J connectivity index is 1.16. The Labute approximate surface area is 840 Å². The maximum absolute atomic E-state index is 15.1. The van der Waals surface area contributed by atoms with Gasteiger partial charge >= 0.3 is 11.9 Å². The second-order valence-electron chi connectivity index (χ2n) is 37.9. The molecule has 4 fully saturated rings. The molecule has 0 saturated carbocycles. The maximum Gasteiger partial charge on any atom is 0.328 e. The van der Waals surface area contributed by atoms with E-state index in [0.29, 0.717) is 57.2 Å². The van der Waals surface area contributed by atoms with Crippen molar-refractivity contribution in [2.45, 2.75) is 331 Å². The van der Waals surface area contributed by atoms with E-state index in [1.165, 1.54) is 60.4 Å². The lowest BCUT2D eigenvalue weighted by Gasteiger charge is -2.32. The fraction of sp³-hybridized carbons (Fsp3) is 0.696. The number of unbranched alkanes of at least 4 members (excludes halogenated alkanes) is 1. The van der Waals surface area contributed by atoms with Crippen LogP contribution in [0.5, 0.6) is 5.75 Å². The number of carbonyl (C=O) groups is 19. The number of aliphatic hydroxyl groups excluding tert-OH is 4. The second-order valence-corrected chi connectivity index (χ2v) is 37.9. The van der Waals surface area contributed by atoms with Gasteiger partial charge in [-0.25, -0.2) is 9.78 Å². The van der Waals surface area contributed by atoms with Crippen molar-refractivity contribution in [2.75, 3.05) is 59.0 Å². The van der Waals surface area contributed by atoms with Crippen LogP contribution in [0.4, 0.5) is 0 Å². The number of phenols is 1. The second kappa shape index (κ2) is 60.6. The smallest absolute Gasteiger partial charge is 0.328 e. The molecule has 4 aliphatic rings. The van der Waals surface area contributed by atoms with Gasteiger partial charge in [-0.3, -0.25) is 96.9 Å². The molecule has 5 heterocycles. The summed E-state index contributed by atoms with van der Waals surface area (Å²) in [6, 6.07) is -21.1. The quantitative estimate of drug-likeness (QED) is 0.0216. The van der Waals surface area contributed by atoms with Crippen molar-refractivity contribution in [1.29, 1.82) is 0 Å². The van der Waals surface area contributed by atoms with E-state index in [9.17, 15) is 122 Å². The fourth-order valence-corrected chi connectivity index (χ4v) is 17.4. The van der Waals surface area contributed by atoms with Crippen LogP contribution in [0.2, 0.25) is 0 Å². The normalized spacial score (nSPS) is 19.4. The number of nitrogens with one attached hydrogen (secondary N) is 17. The van der Waals surface area contributed by atoms with Gasteiger partial charge in [-0.2, -0.15) is 0 Å². The van der Waals surface area contributed by atoms with Crippen molar-refractivity contribution in [1.82, 2.24) is 110 Å². The summed E-state index contributed by atoms with van der Waals surface area (Å²) in [4.78, 5) is 280. The van der Waals surface area contributed by atoms with E-state index in [2.05, 4.69) is 101 Å². The summed E-state index contributed by atoms with van der Waals surface area (Å²) < 4.78 is 0. The number of hydrogen-bond acceptors (Lipinski definition) is 31. The van der Waals surface area contributed by atoms with Gasteiger partial charge in [-0.1, -0.05) is 66.5 Å². The molecule has 22 atom stereocenters. The van der Waals surface area contributed by atoms with E-state index in [1.54, 1.807) is 39.5 Å². The number of aliphatic hydroxyl groups is 4. The largest absolute Gasteiger partial charge is 0.508 e. The van der Waals surface area contributed by atoms with Crippen molar-refractivity contribution in [3.05, 3.63) is 48.0 Å². The summed E-state index contributed by atoms with van der Waals surface area (Å²) in [5.74, 6) is -20.6. The number of nitrogens with two attached hydrogens (primary N) is 5. The van der Waals surface area contributed by atoms with Crippen LogP contribution in [0.15, 0.2) is 36.8 Å². The Morgan fingerprint density at radius 2 is 0.855 bits per heavy atom. The summed E-state index contributed by atoms with van der Waals surface area (Å²) in [6.45, 7) is 13.3. The van der Waals surface area contributed by atoms with Crippen molar-refractivity contribution in [3.63, 3.8) is 0 Å². The Bertz CT molecular complexity index is 4650. The number of H-pyrrole nitrogens is 1. The number of imidazole rings is 1. The third-order valence-electron chi connectivity index (χ3n) is 26.2. The first kappa shape index (κ1) is 121. The van der Waals surface area contributed by atoms with Gasteiger partial charge in [0, 0.05) is 63.6 Å². The van der Waals surface area contributed by atoms with Crippen LogP contribution in [0.3, 0.4) is 0 Å². The molecule has 53 heteroatoms. The number of carboxylic acid groups (broad SMARTS) is 2. The average Bonchev–Trinajstić information content (AvgIpc) is 1.70. The fourth-order valence-electron chi connectivity index (χ4n) is 17.4. The number of likely N-dealkylation sites (tertiary alicyclic amines) is 3. The molecule has 6 rings (SSSR count). The zero-order valence-electron chi connectivity index (χ0n) is 83.9. The Morgan fingerprint density at radius 1 is 0.448 bits per heavy atom. The molecule has 4 saturated heterocycles. The number of hydrogen-bond donors (Lipinski definition) is 30. The molecule has 2 aromatic rings. The lowest BCUT2D eigenvalue weighted by atomic mass is 9.96. The first-order valence-corrected chi connectivity index (χ1v) is 49.8. The lowest BCUT2D eigenvalue weighted by molar-refractivity contribution is -0.658. The van der Waals surface area contributed by atoms with Crippen LogP contribution in [-0.2, 0) is 104 Å². The number of phenolic OH excluding ortho intramolecular Hbond substituents is 1. The molecule has 1 aromatic carbocycles. The maximum atomic E-state index is 15.1. The van der Waals surface area contributed by atoms with Gasteiger partial charge in [0.2, 0.25) is 94.5 Å². The number of quaternary nitrogens is 2. The van der Waals surface area contributed by atoms with Crippen molar-refractivity contribution >= 4 is 112 Å². The number of amides is 17. The summed E-state index contributed by atoms with van der Waals surface area (Å²) >= 11 is 0. The minimum Gasteiger partial charge on any atom is -0.508 e. The van der Waals surface area contributed by atoms with E-state index in [0.717, 1.165) is 26.8 Å². The molecule has 17 amide bonds. The number of aliphatic carboxylic acids is 2. The van der Waals surface area contributed by atoms with Gasteiger partial charge in [0.15, 0.2) is 6.04 Å². The van der Waals surface area contributed by atoms with Crippen molar-refractivity contribution in [3.8, 4) is 5.75 Å². The van der Waals surface area contributed by atoms with Crippen LogP contribution in [0.25, 0.3) is 0 Å². The van der Waals surface area contributed by atoms with E-state index < -0.39 is 291 Å². The Morgan fingerprint density at radius 3 is 1.32 bits per heavy atom. The molecule has 0 radical (unpaired) electrons. The number of aromatic hydroxyl groups is 1. The van der Waals surface area contributed by atoms with Gasteiger partial charge in [0.1, 0.15) is 121 Å². The van der Waals surface area contributed by atoms with Gasteiger partial charge < -0.3 is 164 Å². The van der Waals surface area contributed by atoms with Crippen LogP contribution < -0.4 is 119 Å². The van der Waals surface area contributed by atoms with Gasteiger partial charge in [-0.05, 0) is 159 Å². The molecule has 37 N–H and O–H groups in total. The Hall–Kier alpha value is -12.3. The van der Waals surface area contributed by atoms with Gasteiger partial charge in [-0.15, -0.1) is 0 Å². The zero-order chi connectivity index (χ0) is 108. The topological polar surface area (TPSA) is 845 Å². The van der Waals surface area contributed by atoms with E-state index >= 15 is 4.79 Å². The minimum atomic E-state index is -1.99. The highest BCUT2D eigenvalue weighted by Crippen LogP contribution is 2.26. The third kappa shape index (κ3) is 37.9. The molecule has 0 unspecified atom stereocenters. The molecule has 0 bridgehead atoms. The van der Waals surface area contributed by atoms with E-state index in [1.807, 2.05) is 5.32 Å². The van der Waals surface area contributed by atoms with Gasteiger partial charge in [0.05, 0.1) is 44.8 Å². The summed E-state index contributed by atoms with van der Waals surface area (Å²) in [6.07, 6.45) is -1.32. The predicted octanol–water partition coefficient (Wildman–Crippen LogP) is -11.6. The third-order valence-corrected chi connectivity index (χ3v) is 26.2. The number of carboxylic acids is 2. The molecule has 4 aliphatic heterocycles. The standard InChI is InChI=1S/C92H153N27O26/c1-10-47(5)69(114-82(136)68(46(3)4)112-81(135)66-26-19-38-118(66)88(142)58-22-15-34-99-58)83(137)103-49(7)87(141)117-37-17-24-64(117)80(134)107-59(23-16-36-101-92(96)97)89(143)119-39-18-25-65(119)79(133)104-57(31-32-67(125)126)75(129)108-61(41-53-42-98-45-102-53)77(131)116-72(51(9)123)85(139)105-55(20-12-13-33-93)73(127)110-62(43-120)78(132)113-70(48(6)11-2)84(138)109-60(40-52-27-29-54(124)30-28-52)76(130)115-71(50(8)122)86(140)106-56(21-14-35-100-91(94)95)74(128)111-63(44-121)90(144)145/h27-30,42,45-51,55-66,68-72,91-92,99-101,120-124H,10-26,31-41,43-44,93-97H2,1-9H3,(H,98,102)(H,103,137)(H,104,133)(H,105,139)(H,106,140)(H,107,134)(H,108,129)(H,109,138)(H,110,127)(H,111,128)(H,112,135)(H,113,132)(H,114,136)(H,115,130)(H,116,131)(H,125,126)(H,144,145)/p+2/t47-,48-,49-,50+,51+,55-,56-,57-,58-,59-,60-,61-,62-,63-,64-,65-,66-,68-,69-,70-,71-,72-/m0/s1. The number of carbonyl (C=O) groups excluding carboxylic acids is 17. The van der Waals surface area contributed by atoms with Crippen LogP contribution >= 0.6 is 0 Å². The molecular formula is C92H155N27O26+2. The van der Waals surface area contributed by atoms with E-state index in [4.69, 9.17) is 22.9 Å². The monoisotopic (exact) mass is 2050 g/mol. The minimum absolute atomic E-state index is 0.0257. The predicted molar refractivity (Wildman–Crippen MR) is 517 cm³/mol. The van der Waals surface area contributed by atoms with E-state index in [-0.39, 0.29) is 114 Å². The van der Waals surface area contributed by atoms with Crippen molar-refractivity contribution in [2.24, 2.45) is 40.7 Å². The highest BCUT2D eigenvalue weighted by atomic mass is 16.4. The van der Waals surface area contributed by atoms with Crippen LogP contribution in [0, 0.1) is 17.8 Å². The first-order valence-electron chi connectivity index (χ1n) is 49.8. The van der Waals surface area contributed by atoms with Crippen LogP contribution in [-0.4, -0.2) is 365 Å². The number of aromatic amines is 1. The molecule has 53 nitrogen and oxygen atoms in total. The van der Waals surface area contributed by atoms with Crippen LogP contribution in [0.1, 0.15) is 196 Å².